The molecule has 0 spiro atoms. The van der Waals surface area contributed by atoms with Crippen molar-refractivity contribution in [3.8, 4) is 5.75 Å². The maximum absolute atomic E-state index is 12.3. The molecule has 0 unspecified atom stereocenters. The average Bonchev–Trinajstić information content (AvgIpc) is 2.64. The quantitative estimate of drug-likeness (QED) is 0.671. The van der Waals surface area contributed by atoms with Crippen molar-refractivity contribution in [2.24, 2.45) is 0 Å². The van der Waals surface area contributed by atoms with Crippen LogP contribution in [0.2, 0.25) is 0 Å². The van der Waals surface area contributed by atoms with Crippen LogP contribution in [0.15, 0.2) is 54.6 Å². The van der Waals surface area contributed by atoms with Crippen LogP contribution in [0.1, 0.15) is 5.56 Å². The summed E-state index contributed by atoms with van der Waals surface area (Å²) in [6.45, 7) is 5.85. The number of hydrogen-bond acceptors (Lipinski definition) is 2. The molecule has 1 aliphatic heterocycles. The molecule has 0 aliphatic carbocycles. The Morgan fingerprint density at radius 3 is 2.32 bits per heavy atom. The molecule has 0 saturated carbocycles. The van der Waals surface area contributed by atoms with Gasteiger partial charge in [-0.25, -0.2) is 0 Å². The lowest BCUT2D eigenvalue weighted by molar-refractivity contribution is -1.02. The van der Waals surface area contributed by atoms with E-state index >= 15 is 0 Å². The molecule has 132 valence electrons. The van der Waals surface area contributed by atoms with E-state index < -0.39 is 0 Å². The number of piperazine rings is 1. The summed E-state index contributed by atoms with van der Waals surface area (Å²) in [4.78, 5) is 15.3. The molecule has 0 atom stereocenters. The Kier molecular flexibility index (Phi) is 6.04. The van der Waals surface area contributed by atoms with Gasteiger partial charge in [-0.2, -0.15) is 0 Å². The number of anilines is 1. The summed E-state index contributed by atoms with van der Waals surface area (Å²) < 4.78 is 5.28. The largest absolute Gasteiger partial charge is 0.495 e. The highest BCUT2D eigenvalue weighted by molar-refractivity contribution is 5.92. The number of rotatable bonds is 6. The molecule has 0 aromatic heterocycles. The van der Waals surface area contributed by atoms with Gasteiger partial charge in [-0.3, -0.25) is 4.79 Å². The van der Waals surface area contributed by atoms with Gasteiger partial charge in [0.2, 0.25) is 0 Å². The molecule has 1 heterocycles. The third-order valence-corrected chi connectivity index (χ3v) is 4.75. The first kappa shape index (κ1) is 17.5. The Hall–Kier alpha value is -2.37. The predicted molar refractivity (Wildman–Crippen MR) is 98.0 cm³/mol. The number of hydrogen-bond donors (Lipinski definition) is 3. The normalized spacial score (nSPS) is 20.0. The smallest absolute Gasteiger partial charge is 0.279 e. The molecule has 0 bridgehead atoms. The van der Waals surface area contributed by atoms with Crippen LogP contribution in [-0.4, -0.2) is 45.7 Å². The van der Waals surface area contributed by atoms with Gasteiger partial charge in [-0.05, 0) is 12.1 Å². The number of quaternary nitrogens is 2. The van der Waals surface area contributed by atoms with Crippen LogP contribution in [0.4, 0.5) is 5.69 Å². The van der Waals surface area contributed by atoms with Crippen LogP contribution < -0.4 is 19.9 Å². The molecule has 1 fully saturated rings. The minimum absolute atomic E-state index is 0.0472. The number of carbonyl (C=O) groups excluding carboxylic acids is 1. The Bertz CT molecular complexity index is 682. The molecule has 3 N–H and O–H groups in total. The number of para-hydroxylation sites is 2. The SMILES string of the molecule is COc1ccccc1NC(=O)C[NH+]1CC[NH+](Cc2ccccc2)CC1. The number of ether oxygens (including phenoxy) is 1. The Balaban J connectivity index is 1.45. The lowest BCUT2D eigenvalue weighted by Gasteiger charge is -2.29. The van der Waals surface area contributed by atoms with E-state index in [0.717, 1.165) is 38.4 Å². The zero-order valence-corrected chi connectivity index (χ0v) is 14.8. The van der Waals surface area contributed by atoms with Gasteiger partial charge in [0, 0.05) is 5.56 Å². The van der Waals surface area contributed by atoms with E-state index in [-0.39, 0.29) is 5.91 Å². The minimum Gasteiger partial charge on any atom is -0.495 e. The van der Waals surface area contributed by atoms with Crippen molar-refractivity contribution in [2.45, 2.75) is 6.54 Å². The van der Waals surface area contributed by atoms with Crippen molar-refractivity contribution in [2.75, 3.05) is 45.2 Å². The predicted octanol–water partition coefficient (Wildman–Crippen LogP) is -0.383. The summed E-state index contributed by atoms with van der Waals surface area (Å²) >= 11 is 0. The van der Waals surface area contributed by atoms with E-state index in [1.165, 1.54) is 10.5 Å². The standard InChI is InChI=1S/C20H25N3O2/c1-25-19-10-6-5-9-18(19)21-20(24)16-23-13-11-22(12-14-23)15-17-7-3-2-4-8-17/h2-10H,11-16H2,1H3,(H,21,24)/p+2. The van der Waals surface area contributed by atoms with Crippen molar-refractivity contribution in [3.63, 3.8) is 0 Å². The number of amides is 1. The second-order valence-electron chi connectivity index (χ2n) is 6.59. The fraction of sp³-hybridized carbons (Fsp3) is 0.350. The Morgan fingerprint density at radius 2 is 1.60 bits per heavy atom. The highest BCUT2D eigenvalue weighted by Crippen LogP contribution is 2.22. The van der Waals surface area contributed by atoms with Crippen molar-refractivity contribution in [1.29, 1.82) is 0 Å². The van der Waals surface area contributed by atoms with Crippen molar-refractivity contribution in [3.05, 3.63) is 60.2 Å². The Labute approximate surface area is 149 Å². The van der Waals surface area contributed by atoms with E-state index in [4.69, 9.17) is 4.74 Å². The van der Waals surface area contributed by atoms with Crippen LogP contribution >= 0.6 is 0 Å². The van der Waals surface area contributed by atoms with E-state index in [1.807, 2.05) is 24.3 Å². The summed E-state index contributed by atoms with van der Waals surface area (Å²) in [5, 5.41) is 2.97. The Morgan fingerprint density at radius 1 is 0.960 bits per heavy atom. The lowest BCUT2D eigenvalue weighted by Crippen LogP contribution is -3.28. The molecule has 3 rings (SSSR count). The van der Waals surface area contributed by atoms with Crippen molar-refractivity contribution in [1.82, 2.24) is 0 Å². The fourth-order valence-corrected chi connectivity index (χ4v) is 3.36. The minimum atomic E-state index is 0.0472. The third kappa shape index (κ3) is 5.05. The van der Waals surface area contributed by atoms with E-state index in [1.54, 1.807) is 12.0 Å². The summed E-state index contributed by atoms with van der Waals surface area (Å²) in [6, 6.07) is 18.1. The summed E-state index contributed by atoms with van der Waals surface area (Å²) in [5.74, 6) is 0.744. The summed E-state index contributed by atoms with van der Waals surface area (Å²) in [6.07, 6.45) is 0. The second kappa shape index (κ2) is 8.65. The zero-order chi connectivity index (χ0) is 17.5. The fourth-order valence-electron chi connectivity index (χ4n) is 3.36. The van der Waals surface area contributed by atoms with Gasteiger partial charge in [-0.1, -0.05) is 42.5 Å². The second-order valence-corrected chi connectivity index (χ2v) is 6.59. The molecule has 1 amide bonds. The molecule has 5 nitrogen and oxygen atoms in total. The lowest BCUT2D eigenvalue weighted by atomic mass is 10.2. The molecule has 2 aromatic rings. The van der Waals surface area contributed by atoms with Gasteiger partial charge in [0.15, 0.2) is 6.54 Å². The highest BCUT2D eigenvalue weighted by Gasteiger charge is 2.25. The molecule has 0 radical (unpaired) electrons. The first-order valence-electron chi connectivity index (χ1n) is 8.88. The van der Waals surface area contributed by atoms with E-state index in [0.29, 0.717) is 12.3 Å². The number of benzene rings is 2. The maximum Gasteiger partial charge on any atom is 0.279 e. The number of nitrogens with one attached hydrogen (secondary N) is 3. The topological polar surface area (TPSA) is 47.2 Å². The van der Waals surface area contributed by atoms with Gasteiger partial charge in [-0.15, -0.1) is 0 Å². The molecule has 1 saturated heterocycles. The zero-order valence-electron chi connectivity index (χ0n) is 14.8. The summed E-state index contributed by atoms with van der Waals surface area (Å²) in [7, 11) is 1.62. The van der Waals surface area contributed by atoms with Gasteiger partial charge in [0.05, 0.1) is 12.8 Å². The van der Waals surface area contributed by atoms with Crippen LogP contribution in [0.3, 0.4) is 0 Å². The van der Waals surface area contributed by atoms with Crippen LogP contribution in [-0.2, 0) is 11.3 Å². The van der Waals surface area contributed by atoms with Crippen molar-refractivity contribution < 1.29 is 19.3 Å². The van der Waals surface area contributed by atoms with Crippen LogP contribution in [0.25, 0.3) is 0 Å². The van der Waals surface area contributed by atoms with E-state index in [2.05, 4.69) is 35.6 Å². The van der Waals surface area contributed by atoms with Gasteiger partial charge < -0.3 is 19.9 Å². The monoisotopic (exact) mass is 341 g/mol. The van der Waals surface area contributed by atoms with Gasteiger partial charge in [0.25, 0.3) is 5.91 Å². The maximum atomic E-state index is 12.3. The summed E-state index contributed by atoms with van der Waals surface area (Å²) in [5.41, 5.74) is 2.12. The number of methoxy groups -OCH3 is 1. The number of carbonyl (C=O) groups is 1. The molecule has 1 aliphatic rings. The van der Waals surface area contributed by atoms with Crippen LogP contribution in [0.5, 0.6) is 5.75 Å². The molecule has 25 heavy (non-hydrogen) atoms. The first-order valence-corrected chi connectivity index (χ1v) is 8.88. The molecule has 5 heteroatoms. The van der Waals surface area contributed by atoms with Gasteiger partial charge in [0.1, 0.15) is 38.5 Å². The third-order valence-electron chi connectivity index (χ3n) is 4.75. The average molecular weight is 341 g/mol. The van der Waals surface area contributed by atoms with E-state index in [9.17, 15) is 4.79 Å². The molecule has 2 aromatic carbocycles. The van der Waals surface area contributed by atoms with Gasteiger partial charge >= 0.3 is 0 Å². The molecular formula is C20H27N3O2+2. The van der Waals surface area contributed by atoms with Crippen LogP contribution in [0, 0.1) is 0 Å². The van der Waals surface area contributed by atoms with Crippen molar-refractivity contribution >= 4 is 11.6 Å². The highest BCUT2D eigenvalue weighted by atomic mass is 16.5. The molecular weight excluding hydrogens is 314 g/mol. The first-order chi connectivity index (χ1) is 12.2.